The van der Waals surface area contributed by atoms with Gasteiger partial charge in [0.2, 0.25) is 5.54 Å². The second-order valence-electron chi connectivity index (χ2n) is 7.98. The molecule has 8 nitrogen and oxygen atoms in total. The van der Waals surface area contributed by atoms with E-state index in [4.69, 9.17) is 14.2 Å². The van der Waals surface area contributed by atoms with Gasteiger partial charge < -0.3 is 19.3 Å². The third kappa shape index (κ3) is 5.46. The minimum atomic E-state index is -1.86. The minimum absolute atomic E-state index is 0.0461. The SMILES string of the molecule is CCOC(=O)C1(C(=O)OCC)C/C(=C\C(=O)OCc2ccccc2)C(c2cc(C)ccc2O)N1. The predicted octanol–water partition coefficient (Wildman–Crippen LogP) is 3.27. The number of esters is 3. The summed E-state index contributed by atoms with van der Waals surface area (Å²) in [5, 5.41) is 13.5. The molecule has 0 saturated carbocycles. The van der Waals surface area contributed by atoms with Gasteiger partial charge in [0.05, 0.1) is 19.3 Å². The topological polar surface area (TPSA) is 111 Å². The lowest BCUT2D eigenvalue weighted by Gasteiger charge is -2.25. The average molecular weight is 468 g/mol. The molecule has 3 rings (SSSR count). The number of carbonyl (C=O) groups excluding carboxylic acids is 3. The van der Waals surface area contributed by atoms with Crippen molar-refractivity contribution in [1.29, 1.82) is 0 Å². The standard InChI is InChI=1S/C26H29NO7/c1-4-32-24(30)26(25(31)33-5-2)15-19(14-22(29)34-16-18-9-7-6-8-10-18)23(27-26)20-13-17(3)11-12-21(20)28/h6-14,23,27-28H,4-5,15-16H2,1-3H3/b19-14+. The number of hydrogen-bond acceptors (Lipinski definition) is 8. The first-order valence-electron chi connectivity index (χ1n) is 11.1. The normalized spacial score (nSPS) is 17.9. The van der Waals surface area contributed by atoms with Crippen LogP contribution < -0.4 is 5.32 Å². The minimum Gasteiger partial charge on any atom is -0.508 e. The summed E-state index contributed by atoms with van der Waals surface area (Å²) in [6.45, 7) is 5.29. The van der Waals surface area contributed by atoms with Gasteiger partial charge in [-0.1, -0.05) is 48.0 Å². The van der Waals surface area contributed by atoms with Gasteiger partial charge in [-0.2, -0.15) is 0 Å². The zero-order valence-corrected chi connectivity index (χ0v) is 19.5. The number of phenolic OH excluding ortho intramolecular Hbond substituents is 1. The maximum absolute atomic E-state index is 13.0. The van der Waals surface area contributed by atoms with Crippen LogP contribution in [0.25, 0.3) is 0 Å². The van der Waals surface area contributed by atoms with E-state index in [1.54, 1.807) is 26.0 Å². The van der Waals surface area contributed by atoms with Crippen LogP contribution in [0.15, 0.2) is 60.2 Å². The molecule has 1 saturated heterocycles. The zero-order valence-electron chi connectivity index (χ0n) is 19.5. The Morgan fingerprint density at radius 2 is 1.68 bits per heavy atom. The molecule has 0 aromatic heterocycles. The van der Waals surface area contributed by atoms with Gasteiger partial charge in [-0.15, -0.1) is 0 Å². The molecule has 2 aromatic rings. The lowest BCUT2D eigenvalue weighted by molar-refractivity contribution is -0.165. The Morgan fingerprint density at radius 1 is 1.03 bits per heavy atom. The van der Waals surface area contributed by atoms with Gasteiger partial charge in [0.25, 0.3) is 0 Å². The third-order valence-corrected chi connectivity index (χ3v) is 5.50. The first-order valence-corrected chi connectivity index (χ1v) is 11.1. The van der Waals surface area contributed by atoms with Crippen LogP contribution in [-0.4, -0.2) is 41.8 Å². The highest BCUT2D eigenvalue weighted by molar-refractivity contribution is 6.06. The number of aromatic hydroxyl groups is 1. The van der Waals surface area contributed by atoms with E-state index in [0.29, 0.717) is 11.1 Å². The fourth-order valence-corrected chi connectivity index (χ4v) is 3.89. The summed E-state index contributed by atoms with van der Waals surface area (Å²) in [6.07, 6.45) is 1.08. The van der Waals surface area contributed by atoms with Gasteiger partial charge in [0.1, 0.15) is 12.4 Å². The molecule has 1 heterocycles. The smallest absolute Gasteiger partial charge is 0.338 e. The van der Waals surface area contributed by atoms with Crippen molar-refractivity contribution in [2.45, 2.75) is 45.4 Å². The number of nitrogens with one attached hydrogen (secondary N) is 1. The van der Waals surface area contributed by atoms with Crippen molar-refractivity contribution in [3.8, 4) is 5.75 Å². The monoisotopic (exact) mass is 467 g/mol. The fraction of sp³-hybridized carbons (Fsp3) is 0.346. The molecule has 0 amide bonds. The molecule has 34 heavy (non-hydrogen) atoms. The molecular formula is C26H29NO7. The largest absolute Gasteiger partial charge is 0.508 e. The molecule has 1 aliphatic rings. The van der Waals surface area contributed by atoms with E-state index >= 15 is 0 Å². The van der Waals surface area contributed by atoms with E-state index < -0.39 is 29.5 Å². The van der Waals surface area contributed by atoms with Crippen LogP contribution in [0.2, 0.25) is 0 Å². The molecule has 8 heteroatoms. The lowest BCUT2D eigenvalue weighted by Crippen LogP contribution is -2.56. The van der Waals surface area contributed by atoms with Crippen LogP contribution in [0.1, 0.15) is 43.0 Å². The Kier molecular flexibility index (Phi) is 8.07. The lowest BCUT2D eigenvalue weighted by atomic mass is 9.93. The van der Waals surface area contributed by atoms with Gasteiger partial charge in [-0.3, -0.25) is 5.32 Å². The highest BCUT2D eigenvalue weighted by atomic mass is 16.6. The molecular weight excluding hydrogens is 438 g/mol. The Labute approximate surface area is 198 Å². The Hall–Kier alpha value is -3.65. The average Bonchev–Trinajstić information content (AvgIpc) is 3.20. The van der Waals surface area contributed by atoms with Gasteiger partial charge >= 0.3 is 17.9 Å². The second kappa shape index (κ2) is 11.0. The van der Waals surface area contributed by atoms with Crippen LogP contribution >= 0.6 is 0 Å². The molecule has 1 fully saturated rings. The van der Waals surface area contributed by atoms with Crippen molar-refractivity contribution in [2.24, 2.45) is 0 Å². The van der Waals surface area contributed by atoms with E-state index in [-0.39, 0.29) is 32.0 Å². The number of hydrogen-bond donors (Lipinski definition) is 2. The first-order chi connectivity index (χ1) is 16.3. The molecule has 0 aliphatic carbocycles. The number of phenols is 1. The summed E-state index contributed by atoms with van der Waals surface area (Å²) in [4.78, 5) is 38.6. The summed E-state index contributed by atoms with van der Waals surface area (Å²) in [5.41, 5.74) is 0.611. The molecule has 0 radical (unpaired) electrons. The molecule has 0 spiro atoms. The second-order valence-corrected chi connectivity index (χ2v) is 7.98. The summed E-state index contributed by atoms with van der Waals surface area (Å²) >= 11 is 0. The van der Waals surface area contributed by atoms with Crippen LogP contribution in [0.3, 0.4) is 0 Å². The van der Waals surface area contributed by atoms with Gasteiger partial charge in [0, 0.05) is 18.1 Å². The molecule has 1 atom stereocenters. The highest BCUT2D eigenvalue weighted by Gasteiger charge is 2.56. The van der Waals surface area contributed by atoms with Crippen LogP contribution in [0, 0.1) is 6.92 Å². The first kappa shape index (κ1) is 25.0. The van der Waals surface area contributed by atoms with Crippen molar-refractivity contribution < 1.29 is 33.7 Å². The number of aryl methyl sites for hydroxylation is 1. The van der Waals surface area contributed by atoms with Gasteiger partial charge in [-0.05, 0) is 38.0 Å². The summed E-state index contributed by atoms with van der Waals surface area (Å²) < 4.78 is 15.7. The van der Waals surface area contributed by atoms with Crippen molar-refractivity contribution in [3.05, 3.63) is 76.9 Å². The van der Waals surface area contributed by atoms with Gasteiger partial charge in [0.15, 0.2) is 0 Å². The van der Waals surface area contributed by atoms with Crippen molar-refractivity contribution in [2.75, 3.05) is 13.2 Å². The molecule has 1 aliphatic heterocycles. The molecule has 1 unspecified atom stereocenters. The molecule has 2 aromatic carbocycles. The molecule has 0 bridgehead atoms. The third-order valence-electron chi connectivity index (χ3n) is 5.50. The van der Waals surface area contributed by atoms with Crippen molar-refractivity contribution in [3.63, 3.8) is 0 Å². The number of carbonyl (C=O) groups is 3. The van der Waals surface area contributed by atoms with E-state index in [0.717, 1.165) is 11.1 Å². The Bertz CT molecular complexity index is 1060. The predicted molar refractivity (Wildman–Crippen MR) is 124 cm³/mol. The summed E-state index contributed by atoms with van der Waals surface area (Å²) in [7, 11) is 0. The van der Waals surface area contributed by atoms with Crippen LogP contribution in [0.4, 0.5) is 0 Å². The Balaban J connectivity index is 1.99. The highest BCUT2D eigenvalue weighted by Crippen LogP contribution is 2.42. The summed E-state index contributed by atoms with van der Waals surface area (Å²) in [5.74, 6) is -2.31. The molecule has 180 valence electrons. The fourth-order valence-electron chi connectivity index (χ4n) is 3.89. The van der Waals surface area contributed by atoms with Crippen molar-refractivity contribution in [1.82, 2.24) is 5.32 Å². The van der Waals surface area contributed by atoms with Gasteiger partial charge in [-0.25, -0.2) is 14.4 Å². The van der Waals surface area contributed by atoms with Crippen LogP contribution in [-0.2, 0) is 35.2 Å². The Morgan fingerprint density at radius 3 is 2.29 bits per heavy atom. The van der Waals surface area contributed by atoms with E-state index in [1.165, 1.54) is 12.1 Å². The quantitative estimate of drug-likeness (QED) is 0.263. The maximum atomic E-state index is 13.0. The number of rotatable bonds is 8. The van der Waals surface area contributed by atoms with Crippen molar-refractivity contribution >= 4 is 17.9 Å². The molecule has 2 N–H and O–H groups in total. The van der Waals surface area contributed by atoms with E-state index in [1.807, 2.05) is 37.3 Å². The zero-order chi connectivity index (χ0) is 24.7. The number of ether oxygens (including phenoxy) is 3. The van der Waals surface area contributed by atoms with Crippen LogP contribution in [0.5, 0.6) is 5.75 Å². The number of benzene rings is 2. The van der Waals surface area contributed by atoms with E-state index in [2.05, 4.69) is 5.32 Å². The summed E-state index contributed by atoms with van der Waals surface area (Å²) in [6, 6.07) is 13.4. The van der Waals surface area contributed by atoms with E-state index in [9.17, 15) is 19.5 Å². The maximum Gasteiger partial charge on any atom is 0.338 e.